The zero-order valence-electron chi connectivity index (χ0n) is 9.60. The summed E-state index contributed by atoms with van der Waals surface area (Å²) in [5, 5.41) is 8.52. The number of carboxylic acids is 1. The second-order valence-corrected chi connectivity index (χ2v) is 4.04. The number of benzene rings is 1. The first-order valence-electron chi connectivity index (χ1n) is 5.28. The second kappa shape index (κ2) is 5.35. The fourth-order valence-corrected chi connectivity index (χ4v) is 1.38. The third kappa shape index (κ3) is 3.42. The smallest absolute Gasteiger partial charge is 0.307 e. The van der Waals surface area contributed by atoms with Gasteiger partial charge in [-0.05, 0) is 29.2 Å². The molecule has 16 heavy (non-hydrogen) atoms. The molecule has 0 radical (unpaired) electrons. The van der Waals surface area contributed by atoms with Crippen LogP contribution in [-0.4, -0.2) is 11.1 Å². The lowest BCUT2D eigenvalue weighted by molar-refractivity contribution is -0.135. The molecule has 3 nitrogen and oxygen atoms in total. The van der Waals surface area contributed by atoms with E-state index in [4.69, 9.17) is 10.8 Å². The predicted octanol–water partition coefficient (Wildman–Crippen LogP) is 2.88. The fraction of sp³-hybridized carbons (Fsp3) is 0.308. The van der Waals surface area contributed by atoms with Crippen LogP contribution in [-0.2, 0) is 4.79 Å². The molecule has 0 fully saturated rings. The summed E-state index contributed by atoms with van der Waals surface area (Å²) in [5.41, 5.74) is 8.56. The molecule has 0 aliphatic carbocycles. The third-order valence-corrected chi connectivity index (χ3v) is 2.37. The van der Waals surface area contributed by atoms with Crippen LogP contribution >= 0.6 is 0 Å². The van der Waals surface area contributed by atoms with Crippen molar-refractivity contribution in [1.29, 1.82) is 0 Å². The molecule has 0 spiro atoms. The number of hydrogen-bond acceptors (Lipinski definition) is 2. The predicted molar refractivity (Wildman–Crippen MR) is 66.2 cm³/mol. The van der Waals surface area contributed by atoms with Gasteiger partial charge in [-0.1, -0.05) is 32.1 Å². The van der Waals surface area contributed by atoms with E-state index in [1.807, 2.05) is 18.2 Å². The Balaban J connectivity index is 2.90. The number of rotatable bonds is 4. The topological polar surface area (TPSA) is 63.3 Å². The molecule has 3 heteroatoms. The lowest BCUT2D eigenvalue weighted by Crippen LogP contribution is -1.94. The summed E-state index contributed by atoms with van der Waals surface area (Å²) in [6, 6.07) is 5.85. The second-order valence-electron chi connectivity index (χ2n) is 4.04. The molecule has 0 atom stereocenters. The van der Waals surface area contributed by atoms with Gasteiger partial charge in [0.15, 0.2) is 0 Å². The number of aliphatic carboxylic acids is 1. The number of nitrogen functional groups attached to an aromatic ring is 1. The number of carboxylic acid groups (broad SMARTS) is 1. The summed E-state index contributed by atoms with van der Waals surface area (Å²) in [7, 11) is 0. The largest absolute Gasteiger partial charge is 0.481 e. The minimum Gasteiger partial charge on any atom is -0.481 e. The highest BCUT2D eigenvalue weighted by atomic mass is 16.4. The molecule has 0 unspecified atom stereocenters. The van der Waals surface area contributed by atoms with E-state index in [0.717, 1.165) is 5.56 Å². The average molecular weight is 219 g/mol. The molecular formula is C13H17NO2. The van der Waals surface area contributed by atoms with E-state index in [0.29, 0.717) is 11.6 Å². The maximum Gasteiger partial charge on any atom is 0.307 e. The van der Waals surface area contributed by atoms with Crippen molar-refractivity contribution < 1.29 is 9.90 Å². The molecule has 0 amide bonds. The van der Waals surface area contributed by atoms with Gasteiger partial charge in [-0.2, -0.15) is 0 Å². The van der Waals surface area contributed by atoms with Gasteiger partial charge in [0, 0.05) is 5.69 Å². The highest BCUT2D eigenvalue weighted by Gasteiger charge is 2.02. The Kier molecular flexibility index (Phi) is 4.11. The van der Waals surface area contributed by atoms with Gasteiger partial charge in [0.05, 0.1) is 6.42 Å². The van der Waals surface area contributed by atoms with Gasteiger partial charge >= 0.3 is 5.97 Å². The Morgan fingerprint density at radius 2 is 2.19 bits per heavy atom. The van der Waals surface area contributed by atoms with Crippen molar-refractivity contribution in [3.05, 3.63) is 35.4 Å². The molecule has 0 bridgehead atoms. The first-order chi connectivity index (χ1) is 7.50. The van der Waals surface area contributed by atoms with E-state index < -0.39 is 5.97 Å². The monoisotopic (exact) mass is 219 g/mol. The number of anilines is 1. The number of carbonyl (C=O) groups is 1. The molecule has 0 heterocycles. The molecular weight excluding hydrogens is 202 g/mol. The Labute approximate surface area is 95.6 Å². The molecule has 1 rings (SSSR count). The zero-order chi connectivity index (χ0) is 12.1. The quantitative estimate of drug-likeness (QED) is 0.765. The Hall–Kier alpha value is -1.77. The summed E-state index contributed by atoms with van der Waals surface area (Å²) in [4.78, 5) is 10.4. The van der Waals surface area contributed by atoms with E-state index in [9.17, 15) is 4.79 Å². The summed E-state index contributed by atoms with van der Waals surface area (Å²) < 4.78 is 0. The van der Waals surface area contributed by atoms with Gasteiger partial charge in [0.25, 0.3) is 0 Å². The highest BCUT2D eigenvalue weighted by Crippen LogP contribution is 2.21. The van der Waals surface area contributed by atoms with Crippen LogP contribution < -0.4 is 5.73 Å². The Morgan fingerprint density at radius 3 is 2.75 bits per heavy atom. The van der Waals surface area contributed by atoms with E-state index in [2.05, 4.69) is 13.8 Å². The lowest BCUT2D eigenvalue weighted by Gasteiger charge is -2.08. The lowest BCUT2D eigenvalue weighted by atomic mass is 9.99. The van der Waals surface area contributed by atoms with Crippen LogP contribution in [0.4, 0.5) is 5.69 Å². The van der Waals surface area contributed by atoms with Crippen molar-refractivity contribution >= 4 is 17.7 Å². The minimum absolute atomic E-state index is 0.0192. The highest BCUT2D eigenvalue weighted by molar-refractivity contribution is 5.72. The molecule has 0 aliphatic rings. The molecule has 86 valence electrons. The zero-order valence-corrected chi connectivity index (χ0v) is 9.60. The summed E-state index contributed by atoms with van der Waals surface area (Å²) in [6.07, 6.45) is 3.39. The minimum atomic E-state index is -0.838. The molecule has 1 aromatic rings. The van der Waals surface area contributed by atoms with Crippen LogP contribution in [0, 0.1) is 0 Å². The van der Waals surface area contributed by atoms with Crippen molar-refractivity contribution in [2.75, 3.05) is 5.73 Å². The molecule has 0 aliphatic heterocycles. The van der Waals surface area contributed by atoms with Crippen LogP contribution in [0.25, 0.3) is 6.08 Å². The van der Waals surface area contributed by atoms with Crippen LogP contribution in [0.1, 0.15) is 37.3 Å². The first kappa shape index (κ1) is 12.3. The van der Waals surface area contributed by atoms with E-state index in [1.54, 1.807) is 12.2 Å². The number of hydrogen-bond donors (Lipinski definition) is 2. The van der Waals surface area contributed by atoms with E-state index in [1.165, 1.54) is 5.56 Å². The van der Waals surface area contributed by atoms with Crippen molar-refractivity contribution in [3.63, 3.8) is 0 Å². The van der Waals surface area contributed by atoms with Crippen LogP contribution in [0.2, 0.25) is 0 Å². The molecule has 1 aromatic carbocycles. The van der Waals surface area contributed by atoms with Gasteiger partial charge in [0.1, 0.15) is 0 Å². The Morgan fingerprint density at radius 1 is 1.50 bits per heavy atom. The SMILES string of the molecule is CC(C)c1ccc(N)c(C=CCC(=O)O)c1. The van der Waals surface area contributed by atoms with Crippen molar-refractivity contribution in [3.8, 4) is 0 Å². The fourth-order valence-electron chi connectivity index (χ4n) is 1.38. The van der Waals surface area contributed by atoms with Crippen LogP contribution in [0.5, 0.6) is 0 Å². The van der Waals surface area contributed by atoms with Crippen molar-refractivity contribution in [1.82, 2.24) is 0 Å². The van der Waals surface area contributed by atoms with Gasteiger partial charge in [0.2, 0.25) is 0 Å². The van der Waals surface area contributed by atoms with Gasteiger partial charge in [-0.25, -0.2) is 0 Å². The standard InChI is InChI=1S/C13H17NO2/c1-9(2)10-6-7-12(14)11(8-10)4-3-5-13(15)16/h3-4,6-9H,5,14H2,1-2H3,(H,15,16). The van der Waals surface area contributed by atoms with E-state index >= 15 is 0 Å². The third-order valence-electron chi connectivity index (χ3n) is 2.37. The first-order valence-corrected chi connectivity index (χ1v) is 5.28. The van der Waals surface area contributed by atoms with Gasteiger partial charge in [-0.15, -0.1) is 0 Å². The summed E-state index contributed by atoms with van der Waals surface area (Å²) in [6.45, 7) is 4.21. The molecule has 0 saturated heterocycles. The van der Waals surface area contributed by atoms with Crippen molar-refractivity contribution in [2.24, 2.45) is 0 Å². The van der Waals surface area contributed by atoms with Crippen LogP contribution in [0.15, 0.2) is 24.3 Å². The summed E-state index contributed by atoms with van der Waals surface area (Å²) in [5.74, 6) is -0.401. The normalized spacial score (nSPS) is 11.2. The maximum absolute atomic E-state index is 10.4. The molecule has 3 N–H and O–H groups in total. The van der Waals surface area contributed by atoms with E-state index in [-0.39, 0.29) is 6.42 Å². The Bertz CT molecular complexity index is 408. The van der Waals surface area contributed by atoms with Crippen molar-refractivity contribution in [2.45, 2.75) is 26.2 Å². The summed E-state index contributed by atoms with van der Waals surface area (Å²) >= 11 is 0. The van der Waals surface area contributed by atoms with Gasteiger partial charge < -0.3 is 10.8 Å². The molecule has 0 aromatic heterocycles. The van der Waals surface area contributed by atoms with Crippen LogP contribution in [0.3, 0.4) is 0 Å². The van der Waals surface area contributed by atoms with Gasteiger partial charge in [-0.3, -0.25) is 4.79 Å². The molecule has 0 saturated carbocycles. The maximum atomic E-state index is 10.4. The average Bonchev–Trinajstić information content (AvgIpc) is 2.20. The number of nitrogens with two attached hydrogens (primary N) is 1.